The molecule has 0 aromatic carbocycles. The summed E-state index contributed by atoms with van der Waals surface area (Å²) in [6.45, 7) is 3.91. The fraction of sp³-hybridized carbons (Fsp3) is 0.385. The van der Waals surface area contributed by atoms with Crippen LogP contribution in [0.2, 0.25) is 0 Å². The van der Waals surface area contributed by atoms with Gasteiger partial charge in [0, 0.05) is 37.8 Å². The van der Waals surface area contributed by atoms with Crippen molar-refractivity contribution in [1.82, 2.24) is 9.97 Å². The highest BCUT2D eigenvalue weighted by Crippen LogP contribution is 2.21. The van der Waals surface area contributed by atoms with E-state index in [4.69, 9.17) is 11.6 Å². The molecule has 0 N–H and O–H groups in total. The molecule has 0 atom stereocenters. The average molecular weight is 295 g/mol. The predicted molar refractivity (Wildman–Crippen MR) is 80.3 cm³/mol. The smallest absolute Gasteiger partial charge is 0.185 e. The van der Waals surface area contributed by atoms with Gasteiger partial charge in [0.2, 0.25) is 0 Å². The zero-order valence-corrected chi connectivity index (χ0v) is 12.1. The molecule has 1 saturated heterocycles. The minimum absolute atomic E-state index is 0.465. The number of rotatable bonds is 3. The molecule has 6 heteroatoms. The second-order valence-electron chi connectivity index (χ2n) is 4.41. The second-order valence-corrected chi connectivity index (χ2v) is 5.55. The minimum Gasteiger partial charge on any atom is -0.353 e. The van der Waals surface area contributed by atoms with Crippen molar-refractivity contribution in [1.29, 1.82) is 0 Å². The molecule has 4 nitrogen and oxygen atoms in total. The van der Waals surface area contributed by atoms with Gasteiger partial charge in [0.15, 0.2) is 5.13 Å². The minimum atomic E-state index is 0.465. The summed E-state index contributed by atoms with van der Waals surface area (Å²) in [6, 6.07) is 6.03. The summed E-state index contributed by atoms with van der Waals surface area (Å²) in [7, 11) is 0. The van der Waals surface area contributed by atoms with E-state index >= 15 is 0 Å². The lowest BCUT2D eigenvalue weighted by molar-refractivity contribution is 0.645. The summed E-state index contributed by atoms with van der Waals surface area (Å²) in [6.07, 6.45) is 1.86. The first kappa shape index (κ1) is 12.7. The molecule has 3 rings (SSSR count). The zero-order valence-electron chi connectivity index (χ0n) is 10.5. The Kier molecular flexibility index (Phi) is 3.84. The molecule has 0 radical (unpaired) electrons. The van der Waals surface area contributed by atoms with Gasteiger partial charge in [0.05, 0.1) is 11.6 Å². The first-order valence-corrected chi connectivity index (χ1v) is 7.69. The van der Waals surface area contributed by atoms with Gasteiger partial charge in [-0.3, -0.25) is 0 Å². The molecule has 0 aliphatic carbocycles. The van der Waals surface area contributed by atoms with Crippen molar-refractivity contribution in [2.75, 3.05) is 36.0 Å². The van der Waals surface area contributed by atoms with Gasteiger partial charge in [-0.15, -0.1) is 22.9 Å². The van der Waals surface area contributed by atoms with Crippen LogP contribution in [0.3, 0.4) is 0 Å². The van der Waals surface area contributed by atoms with E-state index in [2.05, 4.69) is 25.8 Å². The SMILES string of the molecule is ClCc1cccc(N2CCN(c3nccs3)CC2)n1. The van der Waals surface area contributed by atoms with Crippen molar-refractivity contribution in [2.45, 2.75) is 5.88 Å². The molecule has 3 heterocycles. The standard InChI is InChI=1S/C13H15ClN4S/c14-10-11-2-1-3-12(16-11)17-5-7-18(8-6-17)13-15-4-9-19-13/h1-4,9H,5-8,10H2. The highest BCUT2D eigenvalue weighted by Gasteiger charge is 2.19. The number of halogens is 1. The molecule has 0 spiro atoms. The first-order chi connectivity index (χ1) is 9.36. The van der Waals surface area contributed by atoms with E-state index in [-0.39, 0.29) is 0 Å². The van der Waals surface area contributed by atoms with Gasteiger partial charge in [-0.25, -0.2) is 9.97 Å². The number of anilines is 2. The van der Waals surface area contributed by atoms with E-state index in [1.54, 1.807) is 11.3 Å². The summed E-state index contributed by atoms with van der Waals surface area (Å²) in [4.78, 5) is 13.6. The van der Waals surface area contributed by atoms with E-state index < -0.39 is 0 Å². The molecule has 100 valence electrons. The number of aromatic nitrogens is 2. The fourth-order valence-electron chi connectivity index (χ4n) is 2.22. The van der Waals surface area contributed by atoms with Crippen LogP contribution in [-0.4, -0.2) is 36.1 Å². The molecular weight excluding hydrogens is 280 g/mol. The molecule has 2 aromatic rings. The summed E-state index contributed by atoms with van der Waals surface area (Å²) < 4.78 is 0. The van der Waals surface area contributed by atoms with Crippen LogP contribution in [0.1, 0.15) is 5.69 Å². The Bertz CT molecular complexity index is 523. The summed E-state index contributed by atoms with van der Waals surface area (Å²) in [5, 5.41) is 3.13. The van der Waals surface area contributed by atoms with Gasteiger partial charge in [0.1, 0.15) is 5.82 Å². The number of piperazine rings is 1. The lowest BCUT2D eigenvalue weighted by Crippen LogP contribution is -2.46. The quantitative estimate of drug-likeness (QED) is 0.815. The molecule has 0 amide bonds. The maximum atomic E-state index is 5.83. The zero-order chi connectivity index (χ0) is 13.1. The van der Waals surface area contributed by atoms with Crippen LogP contribution < -0.4 is 9.80 Å². The third kappa shape index (κ3) is 2.82. The molecule has 2 aromatic heterocycles. The second kappa shape index (κ2) is 5.75. The van der Waals surface area contributed by atoms with Crippen LogP contribution in [0.5, 0.6) is 0 Å². The van der Waals surface area contributed by atoms with E-state index in [0.717, 1.165) is 42.8 Å². The van der Waals surface area contributed by atoms with Crippen LogP contribution in [0.4, 0.5) is 10.9 Å². The van der Waals surface area contributed by atoms with E-state index in [0.29, 0.717) is 5.88 Å². The first-order valence-electron chi connectivity index (χ1n) is 6.28. The van der Waals surface area contributed by atoms with E-state index in [9.17, 15) is 0 Å². The lowest BCUT2D eigenvalue weighted by Gasteiger charge is -2.35. The van der Waals surface area contributed by atoms with Gasteiger partial charge in [-0.2, -0.15) is 0 Å². The monoisotopic (exact) mass is 294 g/mol. The van der Waals surface area contributed by atoms with Crippen LogP contribution in [0.25, 0.3) is 0 Å². The number of hydrogen-bond donors (Lipinski definition) is 0. The van der Waals surface area contributed by atoms with E-state index in [1.165, 1.54) is 0 Å². The Labute approximate surface area is 121 Å². The maximum absolute atomic E-state index is 5.83. The van der Waals surface area contributed by atoms with Crippen molar-refractivity contribution in [3.8, 4) is 0 Å². The molecule has 0 bridgehead atoms. The molecule has 1 aliphatic heterocycles. The Morgan fingerprint density at radius 3 is 2.63 bits per heavy atom. The predicted octanol–water partition coefficient (Wildman–Crippen LogP) is 2.60. The number of thiazole rings is 1. The Morgan fingerprint density at radius 1 is 1.16 bits per heavy atom. The average Bonchev–Trinajstić information content (AvgIpc) is 3.02. The molecule has 0 unspecified atom stereocenters. The number of pyridine rings is 1. The summed E-state index contributed by atoms with van der Waals surface area (Å²) in [5.41, 5.74) is 0.932. The van der Waals surface area contributed by atoms with Crippen molar-refractivity contribution in [2.24, 2.45) is 0 Å². The van der Waals surface area contributed by atoms with Crippen LogP contribution in [0.15, 0.2) is 29.8 Å². The highest BCUT2D eigenvalue weighted by molar-refractivity contribution is 7.13. The van der Waals surface area contributed by atoms with Crippen molar-refractivity contribution >= 4 is 33.9 Å². The van der Waals surface area contributed by atoms with Gasteiger partial charge < -0.3 is 9.80 Å². The van der Waals surface area contributed by atoms with Crippen LogP contribution >= 0.6 is 22.9 Å². The van der Waals surface area contributed by atoms with Gasteiger partial charge >= 0.3 is 0 Å². The number of alkyl halides is 1. The normalized spacial score (nSPS) is 15.8. The lowest BCUT2D eigenvalue weighted by atomic mass is 10.3. The largest absolute Gasteiger partial charge is 0.353 e. The molecule has 1 fully saturated rings. The van der Waals surface area contributed by atoms with Gasteiger partial charge in [-0.1, -0.05) is 6.07 Å². The third-order valence-electron chi connectivity index (χ3n) is 3.22. The van der Waals surface area contributed by atoms with Crippen LogP contribution in [0, 0.1) is 0 Å². The number of hydrogen-bond acceptors (Lipinski definition) is 5. The van der Waals surface area contributed by atoms with Crippen LogP contribution in [-0.2, 0) is 5.88 Å². The third-order valence-corrected chi connectivity index (χ3v) is 4.33. The Morgan fingerprint density at radius 2 is 1.95 bits per heavy atom. The Hall–Kier alpha value is -1.33. The topological polar surface area (TPSA) is 32.3 Å². The molecule has 1 aliphatic rings. The molecule has 0 saturated carbocycles. The molecular formula is C13H15ClN4S. The fourth-order valence-corrected chi connectivity index (χ4v) is 3.06. The molecule has 19 heavy (non-hydrogen) atoms. The van der Waals surface area contributed by atoms with Crippen molar-refractivity contribution < 1.29 is 0 Å². The highest BCUT2D eigenvalue weighted by atomic mass is 35.5. The maximum Gasteiger partial charge on any atom is 0.185 e. The van der Waals surface area contributed by atoms with Gasteiger partial charge in [0.25, 0.3) is 0 Å². The van der Waals surface area contributed by atoms with Crippen molar-refractivity contribution in [3.05, 3.63) is 35.5 Å². The number of nitrogens with zero attached hydrogens (tertiary/aromatic N) is 4. The van der Waals surface area contributed by atoms with Crippen molar-refractivity contribution in [3.63, 3.8) is 0 Å². The summed E-state index contributed by atoms with van der Waals surface area (Å²) in [5.74, 6) is 1.49. The summed E-state index contributed by atoms with van der Waals surface area (Å²) >= 11 is 7.53. The van der Waals surface area contributed by atoms with Gasteiger partial charge in [-0.05, 0) is 12.1 Å². The van der Waals surface area contributed by atoms with E-state index in [1.807, 2.05) is 23.7 Å². The Balaban J connectivity index is 1.66.